The van der Waals surface area contributed by atoms with Crippen molar-refractivity contribution in [2.45, 2.75) is 44.3 Å². The molecule has 33 heavy (non-hydrogen) atoms. The van der Waals surface area contributed by atoms with Crippen molar-refractivity contribution >= 4 is 39.6 Å². The molecule has 2 N–H and O–H groups in total. The Balaban J connectivity index is 1.87. The molecule has 1 heterocycles. The number of rotatable bonds is 11. The first-order chi connectivity index (χ1) is 15.5. The third-order valence-corrected chi connectivity index (χ3v) is 4.49. The number of halogens is 1. The van der Waals surface area contributed by atoms with Crippen LogP contribution in [-0.2, 0) is 34.0 Å². The maximum atomic E-state index is 12.4. The Morgan fingerprint density at radius 1 is 1.30 bits per heavy atom. The number of nitrogens with one attached hydrogen (secondary N) is 1. The van der Waals surface area contributed by atoms with E-state index in [1.54, 1.807) is 20.0 Å². The van der Waals surface area contributed by atoms with Crippen molar-refractivity contribution in [3.63, 3.8) is 0 Å². The highest BCUT2D eigenvalue weighted by molar-refractivity contribution is 9.10. The molecule has 2 rings (SSSR count). The average molecular weight is 528 g/mol. The minimum absolute atomic E-state index is 0.0182. The van der Waals surface area contributed by atoms with Crippen LogP contribution in [0.15, 0.2) is 24.4 Å². The number of hydrogen-bond acceptors (Lipinski definition) is 9. The zero-order chi connectivity index (χ0) is 24.6. The molecule has 1 amide bonds. The van der Waals surface area contributed by atoms with E-state index in [4.69, 9.17) is 9.84 Å². The molecule has 14 heteroatoms. The van der Waals surface area contributed by atoms with Crippen LogP contribution in [0.25, 0.3) is 0 Å². The van der Waals surface area contributed by atoms with Gasteiger partial charge >= 0.3 is 12.1 Å². The quantitative estimate of drug-likeness (QED) is 0.145. The van der Waals surface area contributed by atoms with Crippen LogP contribution in [0.4, 0.5) is 10.5 Å². The number of carbonyl (C=O) groups is 3. The van der Waals surface area contributed by atoms with E-state index in [9.17, 15) is 24.5 Å². The number of hydrogen-bond donors (Lipinski definition) is 2. The lowest BCUT2D eigenvalue weighted by molar-refractivity contribution is -0.385. The van der Waals surface area contributed by atoms with Crippen molar-refractivity contribution < 1.29 is 33.9 Å². The zero-order valence-electron chi connectivity index (χ0n) is 17.8. The highest BCUT2D eigenvalue weighted by Gasteiger charge is 2.25. The van der Waals surface area contributed by atoms with E-state index in [-0.39, 0.29) is 30.2 Å². The van der Waals surface area contributed by atoms with E-state index in [1.807, 2.05) is 0 Å². The predicted octanol–water partition coefficient (Wildman–Crippen LogP) is 2.42. The Morgan fingerprint density at radius 2 is 2.03 bits per heavy atom. The number of alkyl halides is 1. The van der Waals surface area contributed by atoms with Crippen LogP contribution < -0.4 is 5.32 Å². The smallest absolute Gasteiger partial charge is 0.465 e. The minimum Gasteiger partial charge on any atom is -0.465 e. The van der Waals surface area contributed by atoms with E-state index in [0.717, 1.165) is 6.07 Å². The highest BCUT2D eigenvalue weighted by Crippen LogP contribution is 2.21. The number of nitro groups is 1. The van der Waals surface area contributed by atoms with Crippen molar-refractivity contribution in [2.75, 3.05) is 6.61 Å². The Labute approximate surface area is 196 Å². The van der Waals surface area contributed by atoms with Crippen LogP contribution in [0.1, 0.15) is 41.9 Å². The van der Waals surface area contributed by atoms with Gasteiger partial charge in [-0.05, 0) is 26.0 Å². The van der Waals surface area contributed by atoms with Gasteiger partial charge in [0.1, 0.15) is 16.6 Å². The van der Waals surface area contributed by atoms with Gasteiger partial charge in [-0.25, -0.2) is 4.79 Å². The third kappa shape index (κ3) is 8.14. The lowest BCUT2D eigenvalue weighted by Gasteiger charge is -2.14. The van der Waals surface area contributed by atoms with Gasteiger partial charge in [0.25, 0.3) is 11.6 Å². The molecule has 0 spiro atoms. The second-order valence-electron chi connectivity index (χ2n) is 7.27. The number of ether oxygens (including phenoxy) is 2. The van der Waals surface area contributed by atoms with Gasteiger partial charge in [-0.15, -0.1) is 5.10 Å². The number of nitro benzene ring substituents is 1. The summed E-state index contributed by atoms with van der Waals surface area (Å²) in [4.78, 5) is 45.0. The maximum absolute atomic E-state index is 12.4. The monoisotopic (exact) mass is 527 g/mol. The summed E-state index contributed by atoms with van der Waals surface area (Å²) in [5.41, 5.74) is 0.0683. The average Bonchev–Trinajstić information content (AvgIpc) is 3.20. The summed E-state index contributed by atoms with van der Waals surface area (Å²) in [5.74, 6) is -0.949. The van der Waals surface area contributed by atoms with Crippen molar-refractivity contribution in [1.29, 1.82) is 0 Å². The lowest BCUT2D eigenvalue weighted by Crippen LogP contribution is -2.27. The third-order valence-electron chi connectivity index (χ3n) is 4.16. The Bertz CT molecular complexity index is 1030. The summed E-state index contributed by atoms with van der Waals surface area (Å²) in [6.45, 7) is 3.56. The Morgan fingerprint density at radius 3 is 2.67 bits per heavy atom. The van der Waals surface area contributed by atoms with E-state index in [2.05, 4.69) is 36.3 Å². The fraction of sp³-hybridized carbons (Fsp3) is 0.421. The van der Waals surface area contributed by atoms with Gasteiger partial charge in [0, 0.05) is 24.6 Å². The molecule has 178 valence electrons. The number of nitrogens with zero attached hydrogens (tertiary/aromatic N) is 4. The van der Waals surface area contributed by atoms with E-state index >= 15 is 0 Å². The fourth-order valence-electron chi connectivity index (χ4n) is 2.50. The predicted molar refractivity (Wildman–Crippen MR) is 116 cm³/mol. The molecule has 0 aliphatic rings. The van der Waals surface area contributed by atoms with Crippen molar-refractivity contribution in [3.05, 3.63) is 51.3 Å². The molecule has 0 saturated carbocycles. The SMILES string of the molecule is CC(C)(Br)C(=O)OCCCn1cc(CNC(=O)c2ccc(COC(=O)O)c([N+](=O)[O-])c2)nn1. The van der Waals surface area contributed by atoms with Gasteiger partial charge in [0.15, 0.2) is 0 Å². The Hall–Kier alpha value is -3.55. The van der Waals surface area contributed by atoms with Crippen LogP contribution in [0, 0.1) is 10.1 Å². The summed E-state index contributed by atoms with van der Waals surface area (Å²) in [7, 11) is 0. The van der Waals surface area contributed by atoms with Gasteiger partial charge in [0.2, 0.25) is 0 Å². The zero-order valence-corrected chi connectivity index (χ0v) is 19.4. The minimum atomic E-state index is -1.57. The van der Waals surface area contributed by atoms with Crippen LogP contribution >= 0.6 is 15.9 Å². The first-order valence-corrected chi connectivity index (χ1v) is 10.4. The van der Waals surface area contributed by atoms with Crippen LogP contribution in [0.2, 0.25) is 0 Å². The summed E-state index contributed by atoms with van der Waals surface area (Å²) >= 11 is 3.22. The molecular formula is C19H22BrN5O8. The molecule has 0 unspecified atom stereocenters. The molecular weight excluding hydrogens is 506 g/mol. The number of carboxylic acid groups (broad SMARTS) is 1. The summed E-state index contributed by atoms with van der Waals surface area (Å²) < 4.78 is 10.3. The second kappa shape index (κ2) is 11.4. The molecule has 0 aliphatic carbocycles. The van der Waals surface area contributed by atoms with Gasteiger partial charge < -0.3 is 19.9 Å². The topological polar surface area (TPSA) is 176 Å². The van der Waals surface area contributed by atoms with Gasteiger partial charge in [-0.3, -0.25) is 24.4 Å². The summed E-state index contributed by atoms with van der Waals surface area (Å²) in [6, 6.07) is 3.63. The second-order valence-corrected chi connectivity index (χ2v) is 9.26. The first-order valence-electron chi connectivity index (χ1n) is 9.63. The van der Waals surface area contributed by atoms with Crippen molar-refractivity contribution in [2.24, 2.45) is 0 Å². The lowest BCUT2D eigenvalue weighted by atomic mass is 10.1. The molecule has 1 aromatic heterocycles. The normalized spacial score (nSPS) is 11.0. The molecule has 0 bridgehead atoms. The standard InChI is InChI=1S/C19H22BrN5O8/c1-19(2,20)17(27)32-7-3-6-24-10-14(22-23-24)9-21-16(26)12-4-5-13(11-33-18(28)29)15(8-12)25(30)31/h4-5,8,10H,3,6-7,9,11H2,1-2H3,(H,21,26)(H,28,29). The highest BCUT2D eigenvalue weighted by atomic mass is 79.9. The number of esters is 1. The molecule has 0 radical (unpaired) electrons. The molecule has 0 saturated heterocycles. The molecule has 13 nitrogen and oxygen atoms in total. The number of amides is 1. The van der Waals surface area contributed by atoms with Crippen molar-refractivity contribution in [1.82, 2.24) is 20.3 Å². The van der Waals surface area contributed by atoms with Crippen LogP contribution in [0.3, 0.4) is 0 Å². The number of aromatic nitrogens is 3. The van der Waals surface area contributed by atoms with E-state index in [1.165, 1.54) is 16.8 Å². The van der Waals surface area contributed by atoms with Gasteiger partial charge in [0.05, 0.1) is 29.8 Å². The number of aryl methyl sites for hydroxylation is 1. The summed E-state index contributed by atoms with van der Waals surface area (Å²) in [6.07, 6.45) is 0.569. The van der Waals surface area contributed by atoms with E-state index < -0.39 is 33.6 Å². The van der Waals surface area contributed by atoms with Crippen LogP contribution in [-0.4, -0.2) is 54.0 Å². The van der Waals surface area contributed by atoms with Gasteiger partial charge in [-0.2, -0.15) is 0 Å². The molecule has 0 atom stereocenters. The number of benzene rings is 1. The van der Waals surface area contributed by atoms with E-state index in [0.29, 0.717) is 18.7 Å². The van der Waals surface area contributed by atoms with Gasteiger partial charge in [-0.1, -0.05) is 21.1 Å². The summed E-state index contributed by atoms with van der Waals surface area (Å²) in [5, 5.41) is 30.2. The molecule has 0 aliphatic heterocycles. The van der Waals surface area contributed by atoms with Crippen molar-refractivity contribution in [3.8, 4) is 0 Å². The Kier molecular flexibility index (Phi) is 8.85. The maximum Gasteiger partial charge on any atom is 0.506 e. The largest absolute Gasteiger partial charge is 0.506 e. The fourth-order valence-corrected chi connectivity index (χ4v) is 2.62. The molecule has 1 aromatic carbocycles. The first kappa shape index (κ1) is 25.7. The molecule has 0 fully saturated rings. The molecule has 2 aromatic rings. The number of carbonyl (C=O) groups excluding carboxylic acids is 2. The van der Waals surface area contributed by atoms with Crippen LogP contribution in [0.5, 0.6) is 0 Å².